The van der Waals surface area contributed by atoms with E-state index in [0.717, 1.165) is 11.4 Å². The second kappa shape index (κ2) is 6.58. The molecule has 0 saturated heterocycles. The molecule has 4 heteroatoms. The Balaban J connectivity index is 2.51. The summed E-state index contributed by atoms with van der Waals surface area (Å²) in [4.78, 5) is 10.8. The van der Waals surface area contributed by atoms with Gasteiger partial charge in [-0.3, -0.25) is 0 Å². The summed E-state index contributed by atoms with van der Waals surface area (Å²) in [6.07, 6.45) is 3.01. The largest absolute Gasteiger partial charge is 0.491 e. The van der Waals surface area contributed by atoms with Gasteiger partial charge in [0.05, 0.1) is 13.2 Å². The molecule has 0 radical (unpaired) electrons. The lowest BCUT2D eigenvalue weighted by molar-refractivity contribution is -0.134. The average molecular weight is 235 g/mol. The molecule has 17 heavy (non-hydrogen) atoms. The van der Waals surface area contributed by atoms with Gasteiger partial charge in [0.25, 0.3) is 0 Å². The fourth-order valence-corrected chi connectivity index (χ4v) is 1.18. The van der Waals surface area contributed by atoms with Gasteiger partial charge in [-0.1, -0.05) is 0 Å². The SMILES string of the molecule is COC(=O)/C=C/Nc1ccc(OC(C)C)cc1. The van der Waals surface area contributed by atoms with Crippen LogP contribution in [0.4, 0.5) is 5.69 Å². The van der Waals surface area contributed by atoms with Crippen LogP contribution < -0.4 is 10.1 Å². The van der Waals surface area contributed by atoms with E-state index in [1.54, 1.807) is 0 Å². The molecule has 0 aliphatic carbocycles. The van der Waals surface area contributed by atoms with E-state index in [9.17, 15) is 4.79 Å². The minimum Gasteiger partial charge on any atom is -0.491 e. The number of esters is 1. The van der Waals surface area contributed by atoms with E-state index in [1.807, 2.05) is 38.1 Å². The molecular formula is C13H17NO3. The molecule has 0 bridgehead atoms. The highest BCUT2D eigenvalue weighted by Gasteiger charge is 1.97. The lowest BCUT2D eigenvalue weighted by atomic mass is 10.3. The molecule has 0 atom stereocenters. The van der Waals surface area contributed by atoms with E-state index < -0.39 is 5.97 Å². The number of anilines is 1. The van der Waals surface area contributed by atoms with Gasteiger partial charge in [0.2, 0.25) is 0 Å². The Labute approximate surface area is 101 Å². The van der Waals surface area contributed by atoms with Crippen molar-refractivity contribution in [1.82, 2.24) is 0 Å². The molecule has 0 heterocycles. The minimum absolute atomic E-state index is 0.160. The molecule has 4 nitrogen and oxygen atoms in total. The van der Waals surface area contributed by atoms with Crippen LogP contribution in [-0.2, 0) is 9.53 Å². The van der Waals surface area contributed by atoms with Crippen molar-refractivity contribution in [1.29, 1.82) is 0 Å². The van der Waals surface area contributed by atoms with Gasteiger partial charge in [0, 0.05) is 18.0 Å². The molecule has 0 aromatic heterocycles. The van der Waals surface area contributed by atoms with Gasteiger partial charge in [0.1, 0.15) is 5.75 Å². The van der Waals surface area contributed by atoms with Gasteiger partial charge < -0.3 is 14.8 Å². The number of nitrogens with one attached hydrogen (secondary N) is 1. The summed E-state index contributed by atoms with van der Waals surface area (Å²) in [6, 6.07) is 7.49. The zero-order chi connectivity index (χ0) is 12.7. The van der Waals surface area contributed by atoms with E-state index in [4.69, 9.17) is 4.74 Å². The van der Waals surface area contributed by atoms with Crippen molar-refractivity contribution in [2.24, 2.45) is 0 Å². The summed E-state index contributed by atoms with van der Waals surface area (Å²) >= 11 is 0. The number of carbonyl (C=O) groups is 1. The summed E-state index contributed by atoms with van der Waals surface area (Å²) in [5.41, 5.74) is 0.876. The standard InChI is InChI=1S/C13H17NO3/c1-10(2)17-12-6-4-11(5-7-12)14-9-8-13(15)16-3/h4-10,14H,1-3H3/b9-8+. The Kier molecular flexibility index (Phi) is 5.07. The van der Waals surface area contributed by atoms with Crippen molar-refractivity contribution < 1.29 is 14.3 Å². The molecule has 1 rings (SSSR count). The fraction of sp³-hybridized carbons (Fsp3) is 0.308. The van der Waals surface area contributed by atoms with Gasteiger partial charge >= 0.3 is 5.97 Å². The molecule has 0 spiro atoms. The highest BCUT2D eigenvalue weighted by atomic mass is 16.5. The number of methoxy groups -OCH3 is 1. The van der Waals surface area contributed by atoms with Crippen LogP contribution in [0.2, 0.25) is 0 Å². The zero-order valence-corrected chi connectivity index (χ0v) is 10.3. The Hall–Kier alpha value is -1.97. The molecule has 0 amide bonds. The Bertz CT molecular complexity index is 382. The van der Waals surface area contributed by atoms with E-state index in [-0.39, 0.29) is 6.10 Å². The van der Waals surface area contributed by atoms with E-state index >= 15 is 0 Å². The second-order valence-electron chi connectivity index (χ2n) is 3.69. The summed E-state index contributed by atoms with van der Waals surface area (Å²) in [6.45, 7) is 3.95. The van der Waals surface area contributed by atoms with Crippen molar-refractivity contribution in [3.05, 3.63) is 36.5 Å². The molecule has 1 N–H and O–H groups in total. The van der Waals surface area contributed by atoms with Crippen molar-refractivity contribution in [3.63, 3.8) is 0 Å². The fourth-order valence-electron chi connectivity index (χ4n) is 1.18. The highest BCUT2D eigenvalue weighted by molar-refractivity contribution is 5.82. The maximum absolute atomic E-state index is 10.8. The first kappa shape index (κ1) is 13.1. The molecular weight excluding hydrogens is 218 g/mol. The van der Waals surface area contributed by atoms with Crippen LogP contribution in [0.15, 0.2) is 36.5 Å². The maximum Gasteiger partial charge on any atom is 0.331 e. The third kappa shape index (κ3) is 5.06. The monoisotopic (exact) mass is 235 g/mol. The van der Waals surface area contributed by atoms with Crippen LogP contribution in [0.25, 0.3) is 0 Å². The molecule has 1 aromatic rings. The van der Waals surface area contributed by atoms with Crippen molar-refractivity contribution >= 4 is 11.7 Å². The Morgan fingerprint density at radius 3 is 2.47 bits per heavy atom. The summed E-state index contributed by atoms with van der Waals surface area (Å²) < 4.78 is 9.97. The molecule has 92 valence electrons. The number of benzene rings is 1. The smallest absolute Gasteiger partial charge is 0.331 e. The highest BCUT2D eigenvalue weighted by Crippen LogP contribution is 2.16. The summed E-state index contributed by atoms with van der Waals surface area (Å²) in [5.74, 6) is 0.430. The number of rotatable bonds is 5. The number of ether oxygens (including phenoxy) is 2. The predicted molar refractivity (Wildman–Crippen MR) is 67.0 cm³/mol. The van der Waals surface area contributed by atoms with Crippen LogP contribution in [0.1, 0.15) is 13.8 Å². The van der Waals surface area contributed by atoms with Crippen LogP contribution in [0.3, 0.4) is 0 Å². The lowest BCUT2D eigenvalue weighted by Gasteiger charge is -2.09. The van der Waals surface area contributed by atoms with Crippen LogP contribution in [-0.4, -0.2) is 19.2 Å². The lowest BCUT2D eigenvalue weighted by Crippen LogP contribution is -2.05. The molecule has 0 saturated carbocycles. The third-order valence-corrected chi connectivity index (χ3v) is 1.90. The van der Waals surface area contributed by atoms with Crippen LogP contribution in [0.5, 0.6) is 5.75 Å². The quantitative estimate of drug-likeness (QED) is 0.629. The summed E-state index contributed by atoms with van der Waals surface area (Å²) in [7, 11) is 1.34. The van der Waals surface area contributed by atoms with Crippen molar-refractivity contribution in [3.8, 4) is 5.75 Å². The van der Waals surface area contributed by atoms with Crippen molar-refractivity contribution in [2.75, 3.05) is 12.4 Å². The molecule has 0 unspecified atom stereocenters. The normalized spacial score (nSPS) is 10.6. The molecule has 0 fully saturated rings. The van der Waals surface area contributed by atoms with E-state index in [0.29, 0.717) is 0 Å². The first-order valence-electron chi connectivity index (χ1n) is 5.39. The first-order chi connectivity index (χ1) is 8.11. The average Bonchev–Trinajstić information content (AvgIpc) is 2.30. The van der Waals surface area contributed by atoms with E-state index in [2.05, 4.69) is 10.1 Å². The topological polar surface area (TPSA) is 47.6 Å². The summed E-state index contributed by atoms with van der Waals surface area (Å²) in [5, 5.41) is 2.95. The van der Waals surface area contributed by atoms with Gasteiger partial charge in [-0.15, -0.1) is 0 Å². The first-order valence-corrected chi connectivity index (χ1v) is 5.39. The maximum atomic E-state index is 10.8. The Morgan fingerprint density at radius 1 is 1.29 bits per heavy atom. The van der Waals surface area contributed by atoms with Crippen LogP contribution in [0, 0.1) is 0 Å². The van der Waals surface area contributed by atoms with Gasteiger partial charge in [-0.25, -0.2) is 4.79 Å². The molecule has 1 aromatic carbocycles. The molecule has 0 aliphatic heterocycles. The molecule has 0 aliphatic rings. The predicted octanol–water partition coefficient (Wildman–Crippen LogP) is 2.57. The van der Waals surface area contributed by atoms with Crippen molar-refractivity contribution in [2.45, 2.75) is 20.0 Å². The van der Waals surface area contributed by atoms with Gasteiger partial charge in [-0.2, -0.15) is 0 Å². The minimum atomic E-state index is -0.391. The second-order valence-corrected chi connectivity index (χ2v) is 3.69. The number of hydrogen-bond acceptors (Lipinski definition) is 4. The van der Waals surface area contributed by atoms with Gasteiger partial charge in [-0.05, 0) is 38.1 Å². The van der Waals surface area contributed by atoms with Crippen LogP contribution >= 0.6 is 0 Å². The van der Waals surface area contributed by atoms with Gasteiger partial charge in [0.15, 0.2) is 0 Å². The zero-order valence-electron chi connectivity index (χ0n) is 10.3. The number of carbonyl (C=O) groups excluding carboxylic acids is 1. The Morgan fingerprint density at radius 2 is 1.94 bits per heavy atom. The van der Waals surface area contributed by atoms with E-state index in [1.165, 1.54) is 19.4 Å². The third-order valence-electron chi connectivity index (χ3n) is 1.90. The number of hydrogen-bond donors (Lipinski definition) is 1.